The normalized spacial score (nSPS) is 37.2. The first-order chi connectivity index (χ1) is 13.1. The van der Waals surface area contributed by atoms with Gasteiger partial charge in [0.1, 0.15) is 11.9 Å². The number of piperidine rings is 1. The summed E-state index contributed by atoms with van der Waals surface area (Å²) >= 11 is 6.27. The fraction of sp³-hybridized carbons (Fsp3) is 0.667. The van der Waals surface area contributed by atoms with Crippen LogP contribution in [0, 0.1) is 17.8 Å². The van der Waals surface area contributed by atoms with Gasteiger partial charge in [-0.05, 0) is 62.6 Å². The Balaban J connectivity index is 1.70. The predicted molar refractivity (Wildman–Crippen MR) is 114 cm³/mol. The van der Waals surface area contributed by atoms with Gasteiger partial charge in [-0.15, -0.1) is 11.6 Å². The number of hydrogen-bond donors (Lipinski definition) is 2. The molecule has 0 amide bonds. The number of hydrogen-bond acceptors (Lipinski definition) is 4. The summed E-state index contributed by atoms with van der Waals surface area (Å²) in [7, 11) is 0. The predicted octanol–water partition coefficient (Wildman–Crippen LogP) is 3.45. The van der Waals surface area contributed by atoms with Gasteiger partial charge in [0.05, 0.1) is 11.4 Å². The number of nitrogens with one attached hydrogen (secondary N) is 1. The Morgan fingerprint density at radius 1 is 1.26 bits per heavy atom. The molecule has 0 bridgehead atoms. The molecule has 6 heteroatoms. The summed E-state index contributed by atoms with van der Waals surface area (Å²) in [6.45, 7) is 4.38. The van der Waals surface area contributed by atoms with Crippen LogP contribution < -0.4 is 11.1 Å². The Bertz CT molecular complexity index is 706. The first-order valence-electron chi connectivity index (χ1n) is 10.3. The fourth-order valence-electron chi connectivity index (χ4n) is 4.93. The Hall–Kier alpha value is -1.46. The van der Waals surface area contributed by atoms with Gasteiger partial charge in [-0.25, -0.2) is 4.99 Å². The number of amidine groups is 1. The monoisotopic (exact) mass is 387 g/mol. The molecule has 5 nitrogen and oxygen atoms in total. The van der Waals surface area contributed by atoms with E-state index < -0.39 is 0 Å². The molecule has 2 aliphatic heterocycles. The second kappa shape index (κ2) is 8.27. The van der Waals surface area contributed by atoms with E-state index in [-0.39, 0.29) is 6.04 Å². The van der Waals surface area contributed by atoms with Crippen LogP contribution in [0.5, 0.6) is 0 Å². The maximum atomic E-state index is 6.52. The molecule has 0 radical (unpaired) electrons. The third kappa shape index (κ3) is 3.90. The molecular formula is C21H30ClN5. The third-order valence-corrected chi connectivity index (χ3v) is 6.88. The average Bonchev–Trinajstić information content (AvgIpc) is 2.84. The van der Waals surface area contributed by atoms with Crippen molar-refractivity contribution in [2.24, 2.45) is 38.5 Å². The van der Waals surface area contributed by atoms with Crippen molar-refractivity contribution in [2.45, 2.75) is 56.9 Å². The minimum absolute atomic E-state index is 0.0575. The molecule has 3 unspecified atom stereocenters. The molecule has 3 N–H and O–H groups in total. The summed E-state index contributed by atoms with van der Waals surface area (Å²) < 4.78 is 0. The molecule has 2 aliphatic carbocycles. The van der Waals surface area contributed by atoms with Gasteiger partial charge in [0.15, 0.2) is 0 Å². The van der Waals surface area contributed by atoms with Crippen LogP contribution in [-0.2, 0) is 0 Å². The van der Waals surface area contributed by atoms with E-state index in [1.807, 2.05) is 18.5 Å². The van der Waals surface area contributed by atoms with Gasteiger partial charge in [0, 0.05) is 36.2 Å². The molecule has 4 rings (SSSR count). The summed E-state index contributed by atoms with van der Waals surface area (Å²) in [6.07, 6.45) is 12.1. The molecule has 0 aromatic rings. The van der Waals surface area contributed by atoms with Crippen LogP contribution in [0.2, 0.25) is 0 Å². The molecule has 1 saturated heterocycles. The lowest BCUT2D eigenvalue weighted by molar-refractivity contribution is 0.392. The van der Waals surface area contributed by atoms with Crippen LogP contribution in [0.15, 0.2) is 38.5 Å². The first-order valence-corrected chi connectivity index (χ1v) is 10.8. The van der Waals surface area contributed by atoms with Crippen LogP contribution >= 0.6 is 11.6 Å². The minimum Gasteiger partial charge on any atom is -0.387 e. The molecule has 2 heterocycles. The number of allylic oxidation sites excluding steroid dienone is 1. The summed E-state index contributed by atoms with van der Waals surface area (Å²) in [4.78, 5) is 14.5. The summed E-state index contributed by atoms with van der Waals surface area (Å²) in [6, 6.07) is 0.0575. The molecule has 0 aromatic carbocycles. The molecule has 4 aliphatic rings. The third-order valence-electron chi connectivity index (χ3n) is 6.45. The maximum Gasteiger partial charge on any atom is 0.103 e. The zero-order chi connectivity index (χ0) is 18.8. The van der Waals surface area contributed by atoms with Crippen LogP contribution in [0.25, 0.3) is 0 Å². The number of aliphatic imine (C=N–C) groups is 3. The molecule has 0 spiro atoms. The van der Waals surface area contributed by atoms with E-state index in [2.05, 4.69) is 12.2 Å². The van der Waals surface area contributed by atoms with Gasteiger partial charge in [0.25, 0.3) is 0 Å². The average molecular weight is 388 g/mol. The molecule has 1 saturated carbocycles. The van der Waals surface area contributed by atoms with Gasteiger partial charge < -0.3 is 11.1 Å². The van der Waals surface area contributed by atoms with Crippen molar-refractivity contribution in [2.75, 3.05) is 13.1 Å². The molecule has 2 fully saturated rings. The summed E-state index contributed by atoms with van der Waals surface area (Å²) in [5.41, 5.74) is 9.91. The zero-order valence-corrected chi connectivity index (χ0v) is 16.8. The van der Waals surface area contributed by atoms with Crippen molar-refractivity contribution < 1.29 is 0 Å². The first kappa shape index (κ1) is 18.9. The standard InChI is InChI=1S/C21H30ClN5/c1-13-17(15-4-2-9-24-12-15)19(20-18(13)25-10-3-11-26-20)27-21(23)14-5-7-16(22)8-6-14/h3,10-11,13-16,18,24H,2,4-9,12H2,1H3,(H2,23,27). The van der Waals surface area contributed by atoms with Crippen molar-refractivity contribution in [1.29, 1.82) is 0 Å². The van der Waals surface area contributed by atoms with Crippen LogP contribution in [0.1, 0.15) is 45.4 Å². The quantitative estimate of drug-likeness (QED) is 0.442. The lowest BCUT2D eigenvalue weighted by Gasteiger charge is -2.28. The van der Waals surface area contributed by atoms with E-state index in [1.54, 1.807) is 0 Å². The molecule has 0 aromatic heterocycles. The van der Waals surface area contributed by atoms with Crippen molar-refractivity contribution in [3.63, 3.8) is 0 Å². The fourth-order valence-corrected chi connectivity index (χ4v) is 5.18. The Morgan fingerprint density at radius 3 is 2.81 bits per heavy atom. The van der Waals surface area contributed by atoms with Crippen molar-refractivity contribution in [3.05, 3.63) is 23.5 Å². The highest BCUT2D eigenvalue weighted by molar-refractivity contribution is 6.20. The van der Waals surface area contributed by atoms with E-state index in [0.717, 1.165) is 56.0 Å². The molecule has 146 valence electrons. The smallest absolute Gasteiger partial charge is 0.103 e. The Kier molecular flexibility index (Phi) is 5.79. The number of nitrogens with zero attached hydrogens (tertiary/aromatic N) is 3. The number of nitrogens with two attached hydrogens (primary N) is 1. The SMILES string of the molecule is CC1C(C2CCCNC2)=C(N=C(N)C2CCC(Cl)CC2)C2=NC=CC=NC21. The number of rotatable bonds is 3. The topological polar surface area (TPSA) is 75.1 Å². The van der Waals surface area contributed by atoms with Gasteiger partial charge in [-0.3, -0.25) is 9.98 Å². The second-order valence-corrected chi connectivity index (χ2v) is 8.84. The van der Waals surface area contributed by atoms with Crippen molar-refractivity contribution in [3.8, 4) is 0 Å². The number of halogens is 1. The van der Waals surface area contributed by atoms with E-state index in [4.69, 9.17) is 32.3 Å². The van der Waals surface area contributed by atoms with Crippen LogP contribution in [-0.4, -0.2) is 42.3 Å². The summed E-state index contributed by atoms with van der Waals surface area (Å²) in [5, 5.41) is 3.84. The van der Waals surface area contributed by atoms with E-state index in [1.165, 1.54) is 18.4 Å². The van der Waals surface area contributed by atoms with Crippen molar-refractivity contribution >= 4 is 29.4 Å². The van der Waals surface area contributed by atoms with Gasteiger partial charge >= 0.3 is 0 Å². The Morgan fingerprint density at radius 2 is 2.07 bits per heavy atom. The molecule has 27 heavy (non-hydrogen) atoms. The zero-order valence-electron chi connectivity index (χ0n) is 16.1. The summed E-state index contributed by atoms with van der Waals surface area (Å²) in [5.74, 6) is 1.89. The van der Waals surface area contributed by atoms with E-state index in [0.29, 0.717) is 23.1 Å². The number of alkyl halides is 1. The van der Waals surface area contributed by atoms with Crippen LogP contribution in [0.4, 0.5) is 0 Å². The van der Waals surface area contributed by atoms with Crippen LogP contribution in [0.3, 0.4) is 0 Å². The van der Waals surface area contributed by atoms with Gasteiger partial charge in [0.2, 0.25) is 0 Å². The van der Waals surface area contributed by atoms with Gasteiger partial charge in [-0.2, -0.15) is 0 Å². The highest BCUT2D eigenvalue weighted by Crippen LogP contribution is 2.40. The lowest BCUT2D eigenvalue weighted by atomic mass is 9.84. The lowest BCUT2D eigenvalue weighted by Crippen LogP contribution is -2.33. The molecule has 3 atom stereocenters. The maximum absolute atomic E-state index is 6.52. The highest BCUT2D eigenvalue weighted by Gasteiger charge is 2.41. The van der Waals surface area contributed by atoms with Gasteiger partial charge in [-0.1, -0.05) is 6.92 Å². The highest BCUT2D eigenvalue weighted by atomic mass is 35.5. The van der Waals surface area contributed by atoms with Crippen molar-refractivity contribution in [1.82, 2.24) is 5.32 Å². The Labute approximate surface area is 167 Å². The largest absolute Gasteiger partial charge is 0.387 e. The second-order valence-electron chi connectivity index (χ2n) is 8.22. The van der Waals surface area contributed by atoms with E-state index in [9.17, 15) is 0 Å². The van der Waals surface area contributed by atoms with E-state index >= 15 is 0 Å². The minimum atomic E-state index is 0.0575. The number of fused-ring (bicyclic) bond motifs is 1. The molecular weight excluding hydrogens is 358 g/mol.